The Balaban J connectivity index is 1.38. The topological polar surface area (TPSA) is 135 Å². The summed E-state index contributed by atoms with van der Waals surface area (Å²) in [5.41, 5.74) is 8.73. The number of nitrogens with one attached hydrogen (secondary N) is 2. The van der Waals surface area contributed by atoms with Crippen molar-refractivity contribution in [3.05, 3.63) is 77.4 Å². The fourth-order valence-corrected chi connectivity index (χ4v) is 6.06. The van der Waals surface area contributed by atoms with Crippen LogP contribution in [0.25, 0.3) is 0 Å². The number of carbonyl (C=O) groups excluding carboxylic acids is 3. The molecule has 0 aromatic heterocycles. The van der Waals surface area contributed by atoms with Gasteiger partial charge < -0.3 is 40.4 Å². The van der Waals surface area contributed by atoms with Crippen molar-refractivity contribution >= 4 is 29.1 Å². The summed E-state index contributed by atoms with van der Waals surface area (Å²) < 4.78 is 16.0. The molecule has 2 fully saturated rings. The van der Waals surface area contributed by atoms with Crippen LogP contribution >= 0.6 is 0 Å². The van der Waals surface area contributed by atoms with Gasteiger partial charge in [0.05, 0.1) is 32.7 Å². The summed E-state index contributed by atoms with van der Waals surface area (Å²) in [5, 5.41) is 6.18. The molecule has 46 heavy (non-hydrogen) atoms. The number of rotatable bonds is 9. The normalized spacial score (nSPS) is 18.3. The summed E-state index contributed by atoms with van der Waals surface area (Å²) >= 11 is 0. The molecule has 0 radical (unpaired) electrons. The zero-order valence-corrected chi connectivity index (χ0v) is 26.7. The van der Waals surface area contributed by atoms with Crippen molar-refractivity contribution in [2.24, 2.45) is 5.73 Å². The van der Waals surface area contributed by atoms with Crippen LogP contribution < -0.4 is 35.5 Å². The van der Waals surface area contributed by atoms with Crippen molar-refractivity contribution in [2.75, 3.05) is 57.7 Å². The average Bonchev–Trinajstić information content (AvgIpc) is 3.35. The van der Waals surface area contributed by atoms with E-state index in [9.17, 15) is 14.4 Å². The fraction of sp³-hybridized carbons (Fsp3) is 0.400. The van der Waals surface area contributed by atoms with Gasteiger partial charge in [-0.1, -0.05) is 6.07 Å². The highest BCUT2D eigenvalue weighted by Gasteiger charge is 2.25. The van der Waals surface area contributed by atoms with Crippen LogP contribution in [0.15, 0.2) is 60.7 Å². The third-order valence-corrected chi connectivity index (χ3v) is 8.70. The number of ether oxygens (including phenoxy) is 3. The van der Waals surface area contributed by atoms with Crippen molar-refractivity contribution in [1.29, 1.82) is 0 Å². The minimum Gasteiger partial charge on any atom is -0.497 e. The van der Waals surface area contributed by atoms with Gasteiger partial charge in [0.25, 0.3) is 17.7 Å². The van der Waals surface area contributed by atoms with Gasteiger partial charge >= 0.3 is 0 Å². The first-order valence-electron chi connectivity index (χ1n) is 15.7. The van der Waals surface area contributed by atoms with Gasteiger partial charge in [-0.2, -0.15) is 0 Å². The second-order valence-corrected chi connectivity index (χ2v) is 11.7. The third-order valence-electron chi connectivity index (χ3n) is 8.70. The van der Waals surface area contributed by atoms with Crippen LogP contribution in [0.1, 0.15) is 63.2 Å². The quantitative estimate of drug-likeness (QED) is 0.319. The first kappa shape index (κ1) is 32.6. The number of hydrogen-bond donors (Lipinski definition) is 3. The van der Waals surface area contributed by atoms with E-state index in [4.69, 9.17) is 19.9 Å². The number of anilines is 2. The van der Waals surface area contributed by atoms with Crippen molar-refractivity contribution < 1.29 is 28.6 Å². The van der Waals surface area contributed by atoms with Gasteiger partial charge in [-0.25, -0.2) is 0 Å². The summed E-state index contributed by atoms with van der Waals surface area (Å²) in [7, 11) is 4.63. The average molecular weight is 630 g/mol. The molecule has 0 bridgehead atoms. The molecule has 4 N–H and O–H groups in total. The lowest BCUT2D eigenvalue weighted by Crippen LogP contribution is -2.40. The maximum atomic E-state index is 13.6. The molecule has 1 saturated carbocycles. The van der Waals surface area contributed by atoms with E-state index in [0.29, 0.717) is 65.8 Å². The Kier molecular flexibility index (Phi) is 10.6. The van der Waals surface area contributed by atoms with Gasteiger partial charge in [0.1, 0.15) is 5.75 Å². The van der Waals surface area contributed by atoms with Crippen LogP contribution in [0.2, 0.25) is 0 Å². The molecule has 0 spiro atoms. The van der Waals surface area contributed by atoms with Gasteiger partial charge in [-0.3, -0.25) is 14.4 Å². The van der Waals surface area contributed by atoms with Crippen LogP contribution in [-0.4, -0.2) is 82.2 Å². The van der Waals surface area contributed by atoms with E-state index in [2.05, 4.69) is 15.5 Å². The Morgan fingerprint density at radius 3 is 2.22 bits per heavy atom. The molecule has 3 amide bonds. The first-order chi connectivity index (χ1) is 22.3. The highest BCUT2D eigenvalue weighted by molar-refractivity contribution is 6.07. The van der Waals surface area contributed by atoms with E-state index in [1.807, 2.05) is 23.1 Å². The van der Waals surface area contributed by atoms with Gasteiger partial charge in [-0.15, -0.1) is 0 Å². The van der Waals surface area contributed by atoms with Gasteiger partial charge in [0.2, 0.25) is 0 Å². The molecule has 5 rings (SSSR count). The van der Waals surface area contributed by atoms with E-state index in [1.54, 1.807) is 49.6 Å². The molecule has 244 valence electrons. The zero-order chi connectivity index (χ0) is 32.6. The maximum absolute atomic E-state index is 13.6. The van der Waals surface area contributed by atoms with E-state index < -0.39 is 0 Å². The molecule has 0 atom stereocenters. The summed E-state index contributed by atoms with van der Waals surface area (Å²) in [6.45, 7) is 2.29. The van der Waals surface area contributed by atoms with Gasteiger partial charge in [0, 0.05) is 55.0 Å². The molecule has 3 aromatic rings. The molecule has 2 aliphatic rings. The van der Waals surface area contributed by atoms with Crippen molar-refractivity contribution in [3.63, 3.8) is 0 Å². The molecule has 1 heterocycles. The van der Waals surface area contributed by atoms with Crippen LogP contribution in [0.3, 0.4) is 0 Å². The molecule has 1 aliphatic heterocycles. The minimum atomic E-state index is -0.356. The molecule has 11 heteroatoms. The van der Waals surface area contributed by atoms with Gasteiger partial charge in [-0.05, 0) is 86.7 Å². The lowest BCUT2D eigenvalue weighted by Gasteiger charge is -2.28. The van der Waals surface area contributed by atoms with Crippen molar-refractivity contribution in [2.45, 2.75) is 44.2 Å². The molecule has 3 aromatic carbocycles. The predicted octanol–water partition coefficient (Wildman–Crippen LogP) is 4.32. The summed E-state index contributed by atoms with van der Waals surface area (Å²) in [6.07, 6.45) is 4.16. The van der Waals surface area contributed by atoms with Crippen LogP contribution in [0, 0.1) is 0 Å². The zero-order valence-electron chi connectivity index (χ0n) is 26.7. The Hall–Kier alpha value is -4.77. The number of methoxy groups -OCH3 is 3. The first-order valence-corrected chi connectivity index (χ1v) is 15.7. The summed E-state index contributed by atoms with van der Waals surface area (Å²) in [4.78, 5) is 44.3. The lowest BCUT2D eigenvalue weighted by molar-refractivity contribution is 0.0766. The molecule has 1 aliphatic carbocycles. The maximum Gasteiger partial charge on any atom is 0.255 e. The number of hydrogen-bond acceptors (Lipinski definition) is 8. The number of carbonyl (C=O) groups is 3. The van der Waals surface area contributed by atoms with Crippen molar-refractivity contribution in [3.8, 4) is 17.2 Å². The van der Waals surface area contributed by atoms with E-state index in [0.717, 1.165) is 37.8 Å². The standard InChI is InChI=1S/C35H43N5O6/c1-44-28-7-4-6-25(20-28)35(43)40-17-5-16-39(18-19-40)30-14-8-23(33(41)37-27-12-10-26(36)11-13-27)21-29(30)38-34(42)24-9-15-31(45-2)32(22-24)46-3/h4,6-9,14-15,20-22,26-27H,5,10-13,16-19,36H2,1-3H3,(H,37,41)(H,38,42). The SMILES string of the molecule is COc1cccc(C(=O)N2CCCN(c3ccc(C(=O)NC4CCC(N)CC4)cc3NC(=O)c3ccc(OC)c(OC)c3)CC2)c1. The van der Waals surface area contributed by atoms with Crippen molar-refractivity contribution in [1.82, 2.24) is 10.2 Å². The predicted molar refractivity (Wildman–Crippen MR) is 177 cm³/mol. The Bertz CT molecular complexity index is 1550. The second kappa shape index (κ2) is 15.0. The van der Waals surface area contributed by atoms with Crippen LogP contribution in [0.5, 0.6) is 17.2 Å². The minimum absolute atomic E-state index is 0.0570. The lowest BCUT2D eigenvalue weighted by atomic mass is 9.91. The number of nitrogens with zero attached hydrogens (tertiary/aromatic N) is 2. The highest BCUT2D eigenvalue weighted by atomic mass is 16.5. The molecular formula is C35H43N5O6. The smallest absolute Gasteiger partial charge is 0.255 e. The molecular weight excluding hydrogens is 586 g/mol. The Morgan fingerprint density at radius 2 is 1.48 bits per heavy atom. The van der Waals surface area contributed by atoms with E-state index in [-0.39, 0.29) is 29.8 Å². The molecule has 0 unspecified atom stereocenters. The molecule has 1 saturated heterocycles. The fourth-order valence-electron chi connectivity index (χ4n) is 6.06. The second-order valence-electron chi connectivity index (χ2n) is 11.7. The number of amides is 3. The molecule has 11 nitrogen and oxygen atoms in total. The third kappa shape index (κ3) is 7.71. The van der Waals surface area contributed by atoms with Gasteiger partial charge in [0.15, 0.2) is 11.5 Å². The summed E-state index contributed by atoms with van der Waals surface area (Å²) in [6, 6.07) is 17.7. The van der Waals surface area contributed by atoms with E-state index >= 15 is 0 Å². The monoisotopic (exact) mass is 629 g/mol. The number of nitrogens with two attached hydrogens (primary N) is 1. The Morgan fingerprint density at radius 1 is 0.739 bits per heavy atom. The van der Waals surface area contributed by atoms with E-state index in [1.165, 1.54) is 14.2 Å². The Labute approximate surface area is 270 Å². The van der Waals surface area contributed by atoms with Crippen LogP contribution in [0.4, 0.5) is 11.4 Å². The highest BCUT2D eigenvalue weighted by Crippen LogP contribution is 2.32. The van der Waals surface area contributed by atoms with Crippen LogP contribution in [-0.2, 0) is 0 Å². The largest absolute Gasteiger partial charge is 0.497 e. The summed E-state index contributed by atoms with van der Waals surface area (Å²) in [5.74, 6) is 0.973. The number of benzene rings is 3.